The van der Waals surface area contributed by atoms with Crippen LogP contribution in [0.15, 0.2) is 0 Å². The Hall–Kier alpha value is -0.0400. The van der Waals surface area contributed by atoms with Crippen molar-refractivity contribution in [2.75, 3.05) is 0 Å². The SMILES string of the molecule is CC1CCCCC(C)(C)N1. The predicted octanol–water partition coefficient (Wildman–Crippen LogP) is 2.32. The van der Waals surface area contributed by atoms with Gasteiger partial charge >= 0.3 is 0 Å². The van der Waals surface area contributed by atoms with Crippen LogP contribution < -0.4 is 5.32 Å². The molecule has 0 aliphatic carbocycles. The van der Waals surface area contributed by atoms with Gasteiger partial charge in [-0.05, 0) is 33.6 Å². The molecule has 0 bridgehead atoms. The largest absolute Gasteiger partial charge is 0.309 e. The van der Waals surface area contributed by atoms with Crippen LogP contribution in [0.2, 0.25) is 0 Å². The Morgan fingerprint density at radius 3 is 2.70 bits per heavy atom. The maximum absolute atomic E-state index is 3.62. The van der Waals surface area contributed by atoms with E-state index in [4.69, 9.17) is 0 Å². The van der Waals surface area contributed by atoms with E-state index in [1.54, 1.807) is 0 Å². The Morgan fingerprint density at radius 2 is 2.00 bits per heavy atom. The van der Waals surface area contributed by atoms with Crippen molar-refractivity contribution >= 4 is 0 Å². The summed E-state index contributed by atoms with van der Waals surface area (Å²) in [5, 5.41) is 3.62. The zero-order chi connectivity index (χ0) is 7.61. The van der Waals surface area contributed by atoms with Gasteiger partial charge in [-0.15, -0.1) is 0 Å². The van der Waals surface area contributed by atoms with Gasteiger partial charge in [-0.2, -0.15) is 0 Å². The fourth-order valence-corrected chi connectivity index (χ4v) is 1.83. The molecule has 1 heterocycles. The summed E-state index contributed by atoms with van der Waals surface area (Å²) in [6, 6.07) is 0.720. The molecule has 60 valence electrons. The van der Waals surface area contributed by atoms with Gasteiger partial charge in [0.15, 0.2) is 0 Å². The molecule has 10 heavy (non-hydrogen) atoms. The minimum atomic E-state index is 0.385. The van der Waals surface area contributed by atoms with Crippen molar-refractivity contribution < 1.29 is 0 Å². The van der Waals surface area contributed by atoms with Crippen molar-refractivity contribution in [2.24, 2.45) is 0 Å². The van der Waals surface area contributed by atoms with Crippen LogP contribution >= 0.6 is 0 Å². The van der Waals surface area contributed by atoms with Crippen LogP contribution in [0.1, 0.15) is 46.5 Å². The zero-order valence-electron chi connectivity index (χ0n) is 7.41. The van der Waals surface area contributed by atoms with E-state index in [1.165, 1.54) is 25.7 Å². The summed E-state index contributed by atoms with van der Waals surface area (Å²) in [4.78, 5) is 0. The van der Waals surface area contributed by atoms with Crippen molar-refractivity contribution in [2.45, 2.75) is 58.0 Å². The molecule has 0 aromatic rings. The fourth-order valence-electron chi connectivity index (χ4n) is 1.83. The van der Waals surface area contributed by atoms with E-state index in [0.717, 1.165) is 6.04 Å². The molecule has 1 unspecified atom stereocenters. The van der Waals surface area contributed by atoms with Gasteiger partial charge in [0.2, 0.25) is 0 Å². The maximum Gasteiger partial charge on any atom is 0.0127 e. The van der Waals surface area contributed by atoms with Gasteiger partial charge in [-0.25, -0.2) is 0 Å². The van der Waals surface area contributed by atoms with Gasteiger partial charge in [0, 0.05) is 11.6 Å². The lowest BCUT2D eigenvalue weighted by atomic mass is 9.99. The molecule has 0 amide bonds. The Bertz CT molecular complexity index is 107. The Labute approximate surface area is 64.2 Å². The van der Waals surface area contributed by atoms with Gasteiger partial charge in [0.25, 0.3) is 0 Å². The van der Waals surface area contributed by atoms with Crippen molar-refractivity contribution in [3.63, 3.8) is 0 Å². The fraction of sp³-hybridized carbons (Fsp3) is 1.00. The first-order chi connectivity index (χ1) is 4.60. The van der Waals surface area contributed by atoms with E-state index in [9.17, 15) is 0 Å². The number of nitrogens with one attached hydrogen (secondary N) is 1. The summed E-state index contributed by atoms with van der Waals surface area (Å²) >= 11 is 0. The van der Waals surface area contributed by atoms with Crippen molar-refractivity contribution in [1.82, 2.24) is 5.32 Å². The monoisotopic (exact) mass is 141 g/mol. The Balaban J connectivity index is 2.46. The third kappa shape index (κ3) is 2.30. The zero-order valence-corrected chi connectivity index (χ0v) is 7.41. The van der Waals surface area contributed by atoms with E-state index in [2.05, 4.69) is 26.1 Å². The molecule has 1 nitrogen and oxygen atoms in total. The molecule has 1 N–H and O–H groups in total. The predicted molar refractivity (Wildman–Crippen MR) is 45.1 cm³/mol. The third-order valence-corrected chi connectivity index (χ3v) is 2.33. The van der Waals surface area contributed by atoms with Gasteiger partial charge in [0.1, 0.15) is 0 Å². The van der Waals surface area contributed by atoms with Gasteiger partial charge in [0.05, 0.1) is 0 Å². The number of rotatable bonds is 0. The number of hydrogen-bond donors (Lipinski definition) is 1. The highest BCUT2D eigenvalue weighted by molar-refractivity contribution is 4.83. The minimum Gasteiger partial charge on any atom is -0.309 e. The second kappa shape index (κ2) is 2.91. The maximum atomic E-state index is 3.62. The molecular weight excluding hydrogens is 122 g/mol. The summed E-state index contributed by atoms with van der Waals surface area (Å²) in [5.74, 6) is 0. The van der Waals surface area contributed by atoms with E-state index < -0.39 is 0 Å². The molecule has 1 rings (SSSR count). The van der Waals surface area contributed by atoms with Crippen LogP contribution in [0.4, 0.5) is 0 Å². The van der Waals surface area contributed by atoms with E-state index in [0.29, 0.717) is 5.54 Å². The molecule has 1 aliphatic heterocycles. The van der Waals surface area contributed by atoms with Crippen LogP contribution in [0.3, 0.4) is 0 Å². The van der Waals surface area contributed by atoms with Crippen molar-refractivity contribution in [1.29, 1.82) is 0 Å². The second-order valence-electron chi connectivity index (χ2n) is 4.18. The summed E-state index contributed by atoms with van der Waals surface area (Å²) in [6.45, 7) is 6.89. The van der Waals surface area contributed by atoms with Gasteiger partial charge < -0.3 is 5.32 Å². The highest BCUT2D eigenvalue weighted by atomic mass is 15.0. The van der Waals surface area contributed by atoms with E-state index in [-0.39, 0.29) is 0 Å². The third-order valence-electron chi connectivity index (χ3n) is 2.33. The topological polar surface area (TPSA) is 12.0 Å². The first-order valence-corrected chi connectivity index (χ1v) is 4.38. The summed E-state index contributed by atoms with van der Waals surface area (Å²) in [7, 11) is 0. The average Bonchev–Trinajstić information content (AvgIpc) is 1.90. The van der Waals surface area contributed by atoms with E-state index >= 15 is 0 Å². The average molecular weight is 141 g/mol. The van der Waals surface area contributed by atoms with Crippen LogP contribution in [-0.2, 0) is 0 Å². The molecule has 1 fully saturated rings. The lowest BCUT2D eigenvalue weighted by Crippen LogP contribution is -2.42. The number of hydrogen-bond acceptors (Lipinski definition) is 1. The van der Waals surface area contributed by atoms with Crippen LogP contribution in [0, 0.1) is 0 Å². The summed E-state index contributed by atoms with van der Waals surface area (Å²) in [6.07, 6.45) is 5.47. The Kier molecular flexibility index (Phi) is 2.35. The highest BCUT2D eigenvalue weighted by Crippen LogP contribution is 2.20. The summed E-state index contributed by atoms with van der Waals surface area (Å²) in [5.41, 5.74) is 0.385. The quantitative estimate of drug-likeness (QED) is 0.546. The van der Waals surface area contributed by atoms with Gasteiger partial charge in [-0.1, -0.05) is 12.8 Å². The second-order valence-corrected chi connectivity index (χ2v) is 4.18. The minimum absolute atomic E-state index is 0.385. The van der Waals surface area contributed by atoms with Crippen molar-refractivity contribution in [3.05, 3.63) is 0 Å². The first-order valence-electron chi connectivity index (χ1n) is 4.38. The van der Waals surface area contributed by atoms with Crippen molar-refractivity contribution in [3.8, 4) is 0 Å². The molecule has 1 heteroatoms. The molecule has 1 atom stereocenters. The molecule has 0 aromatic carbocycles. The van der Waals surface area contributed by atoms with Crippen LogP contribution in [0.5, 0.6) is 0 Å². The molecule has 1 saturated heterocycles. The van der Waals surface area contributed by atoms with Crippen LogP contribution in [-0.4, -0.2) is 11.6 Å². The molecule has 1 aliphatic rings. The molecule has 0 spiro atoms. The van der Waals surface area contributed by atoms with E-state index in [1.807, 2.05) is 0 Å². The van der Waals surface area contributed by atoms with Gasteiger partial charge in [-0.3, -0.25) is 0 Å². The highest BCUT2D eigenvalue weighted by Gasteiger charge is 2.21. The standard InChI is InChI=1S/C9H19N/c1-8-6-4-5-7-9(2,3)10-8/h8,10H,4-7H2,1-3H3. The summed E-state index contributed by atoms with van der Waals surface area (Å²) < 4.78 is 0. The normalized spacial score (nSPS) is 33.3. The molecular formula is C9H19N. The van der Waals surface area contributed by atoms with Crippen LogP contribution in [0.25, 0.3) is 0 Å². The first kappa shape index (κ1) is 8.06. The lowest BCUT2D eigenvalue weighted by molar-refractivity contribution is 0.345. The lowest BCUT2D eigenvalue weighted by Gasteiger charge is -2.26. The molecule has 0 aromatic heterocycles. The Morgan fingerprint density at radius 1 is 1.30 bits per heavy atom. The smallest absolute Gasteiger partial charge is 0.0127 e. The molecule has 0 radical (unpaired) electrons. The molecule has 0 saturated carbocycles.